The maximum atomic E-state index is 12.1. The molecule has 22 heavy (non-hydrogen) atoms. The second-order valence-electron chi connectivity index (χ2n) is 6.16. The van der Waals surface area contributed by atoms with Crippen molar-refractivity contribution < 1.29 is 22.7 Å². The summed E-state index contributed by atoms with van der Waals surface area (Å²) in [4.78, 5) is 14.0. The Morgan fingerprint density at radius 2 is 1.73 bits per heavy atom. The Balaban J connectivity index is 2.59. The summed E-state index contributed by atoms with van der Waals surface area (Å²) in [6.45, 7) is 5.30. The van der Waals surface area contributed by atoms with E-state index < -0.39 is 6.36 Å². The van der Waals surface area contributed by atoms with E-state index in [-0.39, 0.29) is 22.6 Å². The molecule has 4 nitrogen and oxygen atoms in total. The van der Waals surface area contributed by atoms with Crippen LogP contribution in [0.4, 0.5) is 13.2 Å². The van der Waals surface area contributed by atoms with Gasteiger partial charge in [0.05, 0.1) is 0 Å². The van der Waals surface area contributed by atoms with E-state index >= 15 is 0 Å². The van der Waals surface area contributed by atoms with Crippen LogP contribution in [0.25, 0.3) is 0 Å². The molecule has 124 valence electrons. The third-order valence-electron chi connectivity index (χ3n) is 2.82. The van der Waals surface area contributed by atoms with Crippen molar-refractivity contribution in [3.05, 3.63) is 29.8 Å². The van der Waals surface area contributed by atoms with Crippen molar-refractivity contribution in [3.8, 4) is 5.75 Å². The summed E-state index contributed by atoms with van der Waals surface area (Å²) >= 11 is 0. The number of benzene rings is 1. The molecule has 1 rings (SSSR count). The molecule has 0 aliphatic carbocycles. The fraction of sp³-hybridized carbons (Fsp3) is 0.533. The van der Waals surface area contributed by atoms with Gasteiger partial charge < -0.3 is 15.0 Å². The van der Waals surface area contributed by atoms with Crippen LogP contribution in [-0.2, 0) is 0 Å². The van der Waals surface area contributed by atoms with Gasteiger partial charge in [0.1, 0.15) is 5.75 Å². The topological polar surface area (TPSA) is 41.6 Å². The van der Waals surface area contributed by atoms with Gasteiger partial charge in [-0.3, -0.25) is 4.79 Å². The highest BCUT2D eigenvalue weighted by Crippen LogP contribution is 2.22. The van der Waals surface area contributed by atoms with Crippen LogP contribution >= 0.6 is 0 Å². The highest BCUT2D eigenvalue weighted by molar-refractivity contribution is 5.94. The molecule has 0 aliphatic heterocycles. The van der Waals surface area contributed by atoms with Gasteiger partial charge in [-0.05, 0) is 43.8 Å². The average molecular weight is 318 g/mol. The maximum absolute atomic E-state index is 12.1. The first-order valence-electron chi connectivity index (χ1n) is 6.77. The Morgan fingerprint density at radius 3 is 2.18 bits per heavy atom. The van der Waals surface area contributed by atoms with Gasteiger partial charge >= 0.3 is 6.36 Å². The van der Waals surface area contributed by atoms with Crippen LogP contribution in [0.1, 0.15) is 24.2 Å². The summed E-state index contributed by atoms with van der Waals surface area (Å²) in [6, 6.07) is 4.84. The van der Waals surface area contributed by atoms with Crippen LogP contribution < -0.4 is 10.1 Å². The number of amides is 1. The van der Waals surface area contributed by atoms with Crippen molar-refractivity contribution in [2.75, 3.05) is 27.2 Å². The summed E-state index contributed by atoms with van der Waals surface area (Å²) in [5, 5.41) is 2.78. The molecule has 0 saturated heterocycles. The standard InChI is InChI=1S/C15H21F3N2O2/c1-14(2,10-20(3)4)9-19-13(21)11-5-7-12(8-6-11)22-15(16,17)18/h5-8H,9-10H2,1-4H3,(H,19,21). The molecule has 7 heteroatoms. The predicted molar refractivity (Wildman–Crippen MR) is 77.8 cm³/mol. The zero-order valence-electron chi connectivity index (χ0n) is 13.1. The van der Waals surface area contributed by atoms with Crippen molar-refractivity contribution in [2.45, 2.75) is 20.2 Å². The highest BCUT2D eigenvalue weighted by atomic mass is 19.4. The molecule has 0 aromatic heterocycles. The summed E-state index contributed by atoms with van der Waals surface area (Å²) in [6.07, 6.45) is -4.74. The Kier molecular flexibility index (Phi) is 5.82. The summed E-state index contributed by atoms with van der Waals surface area (Å²) in [7, 11) is 3.89. The van der Waals surface area contributed by atoms with E-state index in [1.165, 1.54) is 12.1 Å². The number of nitrogens with zero attached hydrogens (tertiary/aromatic N) is 1. The van der Waals surface area contributed by atoms with Crippen LogP contribution in [0.5, 0.6) is 5.75 Å². The maximum Gasteiger partial charge on any atom is 0.573 e. The Hall–Kier alpha value is -1.76. The van der Waals surface area contributed by atoms with Gasteiger partial charge in [-0.1, -0.05) is 13.8 Å². The lowest BCUT2D eigenvalue weighted by atomic mass is 9.93. The zero-order valence-corrected chi connectivity index (χ0v) is 13.1. The van der Waals surface area contributed by atoms with E-state index in [0.717, 1.165) is 18.7 Å². The van der Waals surface area contributed by atoms with Crippen LogP contribution in [0.15, 0.2) is 24.3 Å². The molecule has 1 amide bonds. The minimum Gasteiger partial charge on any atom is -0.406 e. The molecule has 0 saturated carbocycles. The van der Waals surface area contributed by atoms with Crippen molar-refractivity contribution in [1.29, 1.82) is 0 Å². The molecule has 0 bridgehead atoms. The number of alkyl halides is 3. The molecule has 0 heterocycles. The van der Waals surface area contributed by atoms with Crippen LogP contribution in [-0.4, -0.2) is 44.4 Å². The van der Waals surface area contributed by atoms with E-state index in [1.54, 1.807) is 0 Å². The largest absolute Gasteiger partial charge is 0.573 e. The van der Waals surface area contributed by atoms with Crippen LogP contribution in [0.2, 0.25) is 0 Å². The lowest BCUT2D eigenvalue weighted by Gasteiger charge is -2.28. The van der Waals surface area contributed by atoms with Gasteiger partial charge in [0.15, 0.2) is 0 Å². The first-order valence-corrected chi connectivity index (χ1v) is 6.77. The molecule has 1 aromatic rings. The van der Waals surface area contributed by atoms with Gasteiger partial charge in [-0.25, -0.2) is 0 Å². The van der Waals surface area contributed by atoms with Crippen molar-refractivity contribution in [2.24, 2.45) is 5.41 Å². The molecule has 0 fully saturated rings. The number of ether oxygens (including phenoxy) is 1. The highest BCUT2D eigenvalue weighted by Gasteiger charge is 2.31. The lowest BCUT2D eigenvalue weighted by molar-refractivity contribution is -0.274. The first-order chi connectivity index (χ1) is 9.98. The average Bonchev–Trinajstić information content (AvgIpc) is 2.33. The quantitative estimate of drug-likeness (QED) is 0.877. The predicted octanol–water partition coefficient (Wildman–Crippen LogP) is 2.90. The Labute approximate surface area is 128 Å². The van der Waals surface area contributed by atoms with Gasteiger partial charge in [0.2, 0.25) is 0 Å². The van der Waals surface area contributed by atoms with Gasteiger partial charge in [0.25, 0.3) is 5.91 Å². The van der Waals surface area contributed by atoms with E-state index in [1.807, 2.05) is 32.8 Å². The molecular formula is C15H21F3N2O2. The number of nitrogens with one attached hydrogen (secondary N) is 1. The molecule has 0 spiro atoms. The van der Waals surface area contributed by atoms with E-state index in [4.69, 9.17) is 0 Å². The number of rotatable bonds is 6. The Morgan fingerprint density at radius 1 is 1.18 bits per heavy atom. The monoisotopic (exact) mass is 318 g/mol. The van der Waals surface area contributed by atoms with E-state index in [0.29, 0.717) is 6.54 Å². The van der Waals surface area contributed by atoms with E-state index in [9.17, 15) is 18.0 Å². The van der Waals surface area contributed by atoms with Crippen molar-refractivity contribution in [3.63, 3.8) is 0 Å². The first kappa shape index (κ1) is 18.3. The number of hydrogen-bond donors (Lipinski definition) is 1. The number of hydrogen-bond acceptors (Lipinski definition) is 3. The molecule has 1 N–H and O–H groups in total. The van der Waals surface area contributed by atoms with Crippen LogP contribution in [0.3, 0.4) is 0 Å². The summed E-state index contributed by atoms with van der Waals surface area (Å²) in [5.74, 6) is -0.678. The van der Waals surface area contributed by atoms with Gasteiger partial charge in [-0.15, -0.1) is 13.2 Å². The van der Waals surface area contributed by atoms with Crippen molar-refractivity contribution >= 4 is 5.91 Å². The minimum absolute atomic E-state index is 0.113. The van der Waals surface area contributed by atoms with Crippen molar-refractivity contribution in [1.82, 2.24) is 10.2 Å². The smallest absolute Gasteiger partial charge is 0.406 e. The number of halogens is 3. The second kappa shape index (κ2) is 7.00. The normalized spacial score (nSPS) is 12.4. The molecule has 1 aromatic carbocycles. The van der Waals surface area contributed by atoms with E-state index in [2.05, 4.69) is 10.1 Å². The van der Waals surface area contributed by atoms with Gasteiger partial charge in [0, 0.05) is 18.7 Å². The second-order valence-corrected chi connectivity index (χ2v) is 6.16. The zero-order chi connectivity index (χ0) is 17.0. The molecule has 0 aliphatic rings. The molecule has 0 radical (unpaired) electrons. The van der Waals surface area contributed by atoms with Gasteiger partial charge in [-0.2, -0.15) is 0 Å². The number of carbonyl (C=O) groups is 1. The SMILES string of the molecule is CN(C)CC(C)(C)CNC(=O)c1ccc(OC(F)(F)F)cc1. The molecular weight excluding hydrogens is 297 g/mol. The van der Waals surface area contributed by atoms with Crippen LogP contribution in [0, 0.1) is 5.41 Å². The minimum atomic E-state index is -4.74. The number of carbonyl (C=O) groups excluding carboxylic acids is 1. The third-order valence-corrected chi connectivity index (χ3v) is 2.82. The lowest BCUT2D eigenvalue weighted by Crippen LogP contribution is -2.39. The fourth-order valence-corrected chi connectivity index (χ4v) is 2.14. The third kappa shape index (κ3) is 6.80. The molecule has 0 unspecified atom stereocenters. The molecule has 0 atom stereocenters. The summed E-state index contributed by atoms with van der Waals surface area (Å²) < 4.78 is 39.9. The fourth-order valence-electron chi connectivity index (χ4n) is 2.14. The summed E-state index contributed by atoms with van der Waals surface area (Å²) in [5.41, 5.74) is 0.175. The Bertz CT molecular complexity index is 497.